The average Bonchev–Trinajstić information content (AvgIpc) is 3.60. The molecule has 0 saturated heterocycles. The maximum Gasteiger partial charge on any atom is 0.331 e. The summed E-state index contributed by atoms with van der Waals surface area (Å²) in [4.78, 5) is 23.7. The van der Waals surface area contributed by atoms with Gasteiger partial charge < -0.3 is 25.2 Å². The van der Waals surface area contributed by atoms with Gasteiger partial charge >= 0.3 is 5.97 Å². The Morgan fingerprint density at radius 1 is 1.16 bits per heavy atom. The zero-order valence-electron chi connectivity index (χ0n) is 19.3. The van der Waals surface area contributed by atoms with Gasteiger partial charge in [-0.05, 0) is 61.8 Å². The van der Waals surface area contributed by atoms with Crippen LogP contribution < -0.4 is 15.4 Å². The first-order valence-corrected chi connectivity index (χ1v) is 11.7. The van der Waals surface area contributed by atoms with E-state index in [0.29, 0.717) is 24.5 Å². The van der Waals surface area contributed by atoms with Crippen LogP contribution in [0.5, 0.6) is 5.75 Å². The lowest BCUT2D eigenvalue weighted by atomic mass is 9.87. The molecule has 0 aromatic heterocycles. The smallest absolute Gasteiger partial charge is 0.331 e. The van der Waals surface area contributed by atoms with Crippen molar-refractivity contribution in [1.82, 2.24) is 10.6 Å². The quantitative estimate of drug-likeness (QED) is 0.457. The number of rotatable bonds is 12. The summed E-state index contributed by atoms with van der Waals surface area (Å²) in [6, 6.07) is 7.34. The second-order valence-corrected chi connectivity index (χ2v) is 8.85. The molecular weight excluding hydrogens is 408 g/mol. The van der Waals surface area contributed by atoms with E-state index in [1.807, 2.05) is 38.1 Å². The zero-order chi connectivity index (χ0) is 23.1. The molecule has 7 heteroatoms. The Kier molecular flexibility index (Phi) is 8.70. The van der Waals surface area contributed by atoms with E-state index in [-0.39, 0.29) is 24.1 Å². The van der Waals surface area contributed by atoms with Crippen LogP contribution in [0.25, 0.3) is 0 Å². The molecule has 1 amide bonds. The molecule has 7 nitrogen and oxygen atoms in total. The number of carbonyl (C=O) groups is 2. The summed E-state index contributed by atoms with van der Waals surface area (Å²) in [6.45, 7) is 6.89. The van der Waals surface area contributed by atoms with Crippen LogP contribution in [0.2, 0.25) is 0 Å². The van der Waals surface area contributed by atoms with Gasteiger partial charge in [-0.2, -0.15) is 0 Å². The Morgan fingerprint density at radius 2 is 1.84 bits per heavy atom. The van der Waals surface area contributed by atoms with E-state index < -0.39 is 12.1 Å². The molecule has 32 heavy (non-hydrogen) atoms. The summed E-state index contributed by atoms with van der Waals surface area (Å²) in [5.74, 6) is 0.460. The highest BCUT2D eigenvalue weighted by Gasteiger charge is 2.37. The maximum atomic E-state index is 11.9. The highest BCUT2D eigenvalue weighted by Crippen LogP contribution is 2.29. The highest BCUT2D eigenvalue weighted by atomic mass is 16.5. The molecule has 0 heterocycles. The number of hydrogen-bond acceptors (Lipinski definition) is 5. The Bertz CT molecular complexity index is 799. The molecule has 1 saturated carbocycles. The molecular formula is C25H36N2O5. The van der Waals surface area contributed by atoms with E-state index in [1.165, 1.54) is 19.8 Å². The third kappa shape index (κ3) is 7.07. The summed E-state index contributed by atoms with van der Waals surface area (Å²) >= 11 is 0. The largest absolute Gasteiger partial charge is 0.493 e. The Morgan fingerprint density at radius 3 is 2.41 bits per heavy atom. The van der Waals surface area contributed by atoms with Crippen molar-refractivity contribution in [3.8, 4) is 5.75 Å². The summed E-state index contributed by atoms with van der Waals surface area (Å²) in [5.41, 5.74) is 1.37. The van der Waals surface area contributed by atoms with Gasteiger partial charge in [-0.25, -0.2) is 4.79 Å². The molecule has 2 aliphatic rings. The van der Waals surface area contributed by atoms with Crippen LogP contribution in [0, 0.1) is 5.92 Å². The Labute approximate surface area is 190 Å². The van der Waals surface area contributed by atoms with Crippen molar-refractivity contribution in [2.75, 3.05) is 6.61 Å². The fraction of sp³-hybridized carbons (Fsp3) is 0.600. The zero-order valence-corrected chi connectivity index (χ0v) is 19.3. The second kappa shape index (κ2) is 11.5. The van der Waals surface area contributed by atoms with Crippen LogP contribution in [0.15, 0.2) is 35.9 Å². The SMILES string of the molecule is CCC(CC)O[C@@H]1C=C(C(=O)O)C[C@H](NCc2ccc(OCC3CC3)cc2)[C@H]1NC(C)=O. The van der Waals surface area contributed by atoms with E-state index in [4.69, 9.17) is 9.47 Å². The van der Waals surface area contributed by atoms with Gasteiger partial charge in [0.1, 0.15) is 5.75 Å². The van der Waals surface area contributed by atoms with Crippen molar-refractivity contribution in [2.45, 2.75) is 83.7 Å². The molecule has 3 rings (SSSR count). The van der Waals surface area contributed by atoms with Crippen molar-refractivity contribution < 1.29 is 24.2 Å². The number of aliphatic carboxylic acids is 1. The van der Waals surface area contributed by atoms with Crippen molar-refractivity contribution in [2.24, 2.45) is 5.92 Å². The molecule has 0 spiro atoms. The average molecular weight is 445 g/mol. The van der Waals surface area contributed by atoms with E-state index in [0.717, 1.165) is 30.8 Å². The third-order valence-electron chi connectivity index (χ3n) is 6.17. The molecule has 1 aromatic carbocycles. The molecule has 3 atom stereocenters. The number of benzene rings is 1. The Balaban J connectivity index is 1.69. The normalized spacial score (nSPS) is 23.0. The minimum atomic E-state index is -0.951. The first-order chi connectivity index (χ1) is 15.4. The fourth-order valence-corrected chi connectivity index (χ4v) is 4.02. The van der Waals surface area contributed by atoms with E-state index >= 15 is 0 Å². The van der Waals surface area contributed by atoms with Crippen molar-refractivity contribution in [3.63, 3.8) is 0 Å². The Hall–Kier alpha value is -2.38. The van der Waals surface area contributed by atoms with Crippen LogP contribution >= 0.6 is 0 Å². The topological polar surface area (TPSA) is 96.9 Å². The second-order valence-electron chi connectivity index (χ2n) is 8.85. The molecule has 1 fully saturated rings. The van der Waals surface area contributed by atoms with E-state index in [2.05, 4.69) is 10.6 Å². The van der Waals surface area contributed by atoms with Gasteiger partial charge in [0.2, 0.25) is 5.91 Å². The first kappa shape index (κ1) is 24.3. The number of carbonyl (C=O) groups excluding carboxylic acids is 1. The number of carboxylic acid groups (broad SMARTS) is 1. The predicted octanol–water partition coefficient (Wildman–Crippen LogP) is 3.43. The number of ether oxygens (including phenoxy) is 2. The number of nitrogens with one attached hydrogen (secondary N) is 2. The monoisotopic (exact) mass is 444 g/mol. The van der Waals surface area contributed by atoms with Gasteiger partial charge in [-0.3, -0.25) is 4.79 Å². The molecule has 0 radical (unpaired) electrons. The molecule has 0 unspecified atom stereocenters. The third-order valence-corrected chi connectivity index (χ3v) is 6.17. The predicted molar refractivity (Wildman–Crippen MR) is 122 cm³/mol. The molecule has 2 aliphatic carbocycles. The van der Waals surface area contributed by atoms with Crippen molar-refractivity contribution in [3.05, 3.63) is 41.5 Å². The number of carboxylic acids is 1. The summed E-state index contributed by atoms with van der Waals surface area (Å²) in [7, 11) is 0. The van der Waals surface area contributed by atoms with Crippen LogP contribution in [0.1, 0.15) is 58.4 Å². The standard InChI is InChI=1S/C25H36N2O5/c1-4-20(5-2)32-23-13-19(25(29)30)12-22(24(23)27-16(3)28)26-14-17-8-10-21(11-9-17)31-15-18-6-7-18/h8-11,13,18,20,22-24,26H,4-7,12,14-15H2,1-3H3,(H,27,28)(H,29,30)/t22-,23+,24+/m0/s1. The lowest BCUT2D eigenvalue weighted by Crippen LogP contribution is -2.58. The van der Waals surface area contributed by atoms with Gasteiger partial charge in [0.15, 0.2) is 0 Å². The lowest BCUT2D eigenvalue weighted by molar-refractivity contribution is -0.133. The van der Waals surface area contributed by atoms with Gasteiger partial charge in [0.25, 0.3) is 0 Å². The van der Waals surface area contributed by atoms with E-state index in [9.17, 15) is 14.7 Å². The molecule has 0 bridgehead atoms. The molecule has 0 aliphatic heterocycles. The lowest BCUT2D eigenvalue weighted by Gasteiger charge is -2.38. The summed E-state index contributed by atoms with van der Waals surface area (Å²) in [5, 5.41) is 16.1. The van der Waals surface area contributed by atoms with Gasteiger partial charge in [0, 0.05) is 25.1 Å². The fourth-order valence-electron chi connectivity index (χ4n) is 4.02. The minimum Gasteiger partial charge on any atom is -0.493 e. The van der Waals surface area contributed by atoms with Crippen LogP contribution in [-0.4, -0.2) is 47.9 Å². The van der Waals surface area contributed by atoms with Crippen LogP contribution in [0.3, 0.4) is 0 Å². The van der Waals surface area contributed by atoms with Crippen molar-refractivity contribution in [1.29, 1.82) is 0 Å². The van der Waals surface area contributed by atoms with Gasteiger partial charge in [0.05, 0.1) is 24.9 Å². The minimum absolute atomic E-state index is 0.00415. The molecule has 3 N–H and O–H groups in total. The van der Waals surface area contributed by atoms with Gasteiger partial charge in [-0.1, -0.05) is 26.0 Å². The first-order valence-electron chi connectivity index (χ1n) is 11.7. The van der Waals surface area contributed by atoms with Crippen LogP contribution in [0.4, 0.5) is 0 Å². The van der Waals surface area contributed by atoms with Gasteiger partial charge in [-0.15, -0.1) is 0 Å². The highest BCUT2D eigenvalue weighted by molar-refractivity contribution is 5.87. The summed E-state index contributed by atoms with van der Waals surface area (Å²) in [6.07, 6.45) is 5.63. The maximum absolute atomic E-state index is 11.9. The summed E-state index contributed by atoms with van der Waals surface area (Å²) < 4.78 is 12.0. The van der Waals surface area contributed by atoms with Crippen molar-refractivity contribution >= 4 is 11.9 Å². The van der Waals surface area contributed by atoms with E-state index in [1.54, 1.807) is 6.08 Å². The number of amides is 1. The molecule has 1 aromatic rings. The van der Waals surface area contributed by atoms with Crippen LogP contribution in [-0.2, 0) is 20.9 Å². The number of hydrogen-bond donors (Lipinski definition) is 3. The molecule has 176 valence electrons.